The molecule has 0 bridgehead atoms. The third-order valence-corrected chi connectivity index (χ3v) is 2.80. The molecule has 18 heavy (non-hydrogen) atoms. The van der Waals surface area contributed by atoms with E-state index >= 15 is 0 Å². The van der Waals surface area contributed by atoms with Crippen LogP contribution in [0.15, 0.2) is 34.9 Å². The quantitative estimate of drug-likeness (QED) is 0.807. The first-order chi connectivity index (χ1) is 8.79. The summed E-state index contributed by atoms with van der Waals surface area (Å²) in [6.07, 6.45) is 1.94. The molecule has 0 aliphatic rings. The van der Waals surface area contributed by atoms with Gasteiger partial charge in [0.2, 0.25) is 5.89 Å². The van der Waals surface area contributed by atoms with E-state index in [0.29, 0.717) is 24.6 Å². The van der Waals surface area contributed by atoms with E-state index in [4.69, 9.17) is 9.78 Å². The van der Waals surface area contributed by atoms with Crippen LogP contribution in [-0.4, -0.2) is 10.1 Å². The normalized spacial score (nSPS) is 12.0. The summed E-state index contributed by atoms with van der Waals surface area (Å²) in [5.74, 6) is 1.46. The minimum absolute atomic E-state index is 0.140. The molecule has 0 aliphatic carbocycles. The van der Waals surface area contributed by atoms with Crippen LogP contribution in [0.5, 0.6) is 0 Å². The van der Waals surface area contributed by atoms with Crippen molar-refractivity contribution in [2.45, 2.75) is 32.1 Å². The standard InChI is InChI=1S/C14H15N3O/c1-11(6-5-9-15)14-16-13(17-18-14)10-12-7-3-2-4-8-12/h2-4,7-8,11H,5-6,10H2,1H3. The zero-order valence-electron chi connectivity index (χ0n) is 10.3. The lowest BCUT2D eigenvalue weighted by Crippen LogP contribution is -1.95. The van der Waals surface area contributed by atoms with Crippen LogP contribution in [0.25, 0.3) is 0 Å². The van der Waals surface area contributed by atoms with Gasteiger partial charge in [0, 0.05) is 18.8 Å². The Morgan fingerprint density at radius 1 is 1.33 bits per heavy atom. The Morgan fingerprint density at radius 3 is 2.83 bits per heavy atom. The summed E-state index contributed by atoms with van der Waals surface area (Å²) >= 11 is 0. The fraction of sp³-hybridized carbons (Fsp3) is 0.357. The van der Waals surface area contributed by atoms with Crippen molar-refractivity contribution in [2.75, 3.05) is 0 Å². The van der Waals surface area contributed by atoms with Gasteiger partial charge in [-0.2, -0.15) is 10.2 Å². The molecule has 4 nitrogen and oxygen atoms in total. The predicted molar refractivity (Wildman–Crippen MR) is 66.8 cm³/mol. The molecule has 0 saturated carbocycles. The first-order valence-electron chi connectivity index (χ1n) is 6.03. The lowest BCUT2D eigenvalue weighted by atomic mass is 10.1. The lowest BCUT2D eigenvalue weighted by molar-refractivity contribution is 0.351. The number of rotatable bonds is 5. The lowest BCUT2D eigenvalue weighted by Gasteiger charge is -2.00. The Bertz CT molecular complexity index is 527. The fourth-order valence-electron chi connectivity index (χ4n) is 1.72. The average Bonchev–Trinajstić information content (AvgIpc) is 2.86. The van der Waals surface area contributed by atoms with Gasteiger partial charge in [-0.15, -0.1) is 0 Å². The molecule has 1 heterocycles. The van der Waals surface area contributed by atoms with E-state index in [1.54, 1.807) is 0 Å². The maximum atomic E-state index is 8.55. The van der Waals surface area contributed by atoms with Crippen LogP contribution >= 0.6 is 0 Å². The van der Waals surface area contributed by atoms with Gasteiger partial charge in [0.05, 0.1) is 6.07 Å². The molecular weight excluding hydrogens is 226 g/mol. The van der Waals surface area contributed by atoms with E-state index in [-0.39, 0.29) is 5.92 Å². The third-order valence-electron chi connectivity index (χ3n) is 2.80. The second-order valence-corrected chi connectivity index (χ2v) is 4.31. The molecule has 0 fully saturated rings. The second kappa shape index (κ2) is 5.97. The number of benzene rings is 1. The Labute approximate surface area is 106 Å². The van der Waals surface area contributed by atoms with Crippen LogP contribution in [0.2, 0.25) is 0 Å². The summed E-state index contributed by atoms with van der Waals surface area (Å²) in [5.41, 5.74) is 1.16. The summed E-state index contributed by atoms with van der Waals surface area (Å²) in [4.78, 5) is 4.37. The van der Waals surface area contributed by atoms with Crippen molar-refractivity contribution >= 4 is 0 Å². The van der Waals surface area contributed by atoms with Crippen molar-refractivity contribution in [2.24, 2.45) is 0 Å². The van der Waals surface area contributed by atoms with Gasteiger partial charge in [0.15, 0.2) is 5.82 Å². The first-order valence-corrected chi connectivity index (χ1v) is 6.03. The van der Waals surface area contributed by atoms with Gasteiger partial charge in [-0.1, -0.05) is 42.4 Å². The molecule has 2 aromatic rings. The Hall–Kier alpha value is -2.15. The van der Waals surface area contributed by atoms with Gasteiger partial charge < -0.3 is 4.52 Å². The van der Waals surface area contributed by atoms with Crippen molar-refractivity contribution < 1.29 is 4.52 Å². The van der Waals surface area contributed by atoms with Crippen molar-refractivity contribution in [1.29, 1.82) is 5.26 Å². The van der Waals surface area contributed by atoms with Crippen LogP contribution < -0.4 is 0 Å². The molecule has 0 amide bonds. The molecule has 2 rings (SSSR count). The predicted octanol–water partition coefficient (Wildman–Crippen LogP) is 3.07. The summed E-state index contributed by atoms with van der Waals surface area (Å²) in [6.45, 7) is 2.00. The number of hydrogen-bond acceptors (Lipinski definition) is 4. The number of nitrogens with zero attached hydrogens (tertiary/aromatic N) is 3. The fourth-order valence-corrected chi connectivity index (χ4v) is 1.72. The average molecular weight is 241 g/mol. The van der Waals surface area contributed by atoms with Gasteiger partial charge in [-0.25, -0.2) is 0 Å². The molecule has 0 aliphatic heterocycles. The highest BCUT2D eigenvalue weighted by molar-refractivity contribution is 5.18. The summed E-state index contributed by atoms with van der Waals surface area (Å²) in [5, 5.41) is 12.5. The molecule has 1 atom stereocenters. The van der Waals surface area contributed by atoms with Gasteiger partial charge >= 0.3 is 0 Å². The van der Waals surface area contributed by atoms with Gasteiger partial charge in [-0.05, 0) is 12.0 Å². The van der Waals surface area contributed by atoms with E-state index in [1.165, 1.54) is 0 Å². The molecule has 92 valence electrons. The van der Waals surface area contributed by atoms with Crippen molar-refractivity contribution in [3.63, 3.8) is 0 Å². The Balaban J connectivity index is 2.00. The van der Waals surface area contributed by atoms with Gasteiger partial charge in [0.25, 0.3) is 0 Å². The SMILES string of the molecule is CC(CCC#N)c1nc(Cc2ccccc2)no1. The zero-order valence-corrected chi connectivity index (χ0v) is 10.3. The smallest absolute Gasteiger partial charge is 0.229 e. The van der Waals surface area contributed by atoms with Crippen LogP contribution in [0.4, 0.5) is 0 Å². The van der Waals surface area contributed by atoms with Crippen molar-refractivity contribution in [1.82, 2.24) is 10.1 Å². The maximum Gasteiger partial charge on any atom is 0.229 e. The Morgan fingerprint density at radius 2 is 2.11 bits per heavy atom. The first kappa shape index (κ1) is 12.3. The van der Waals surface area contributed by atoms with E-state index < -0.39 is 0 Å². The van der Waals surface area contributed by atoms with Crippen molar-refractivity contribution in [3.8, 4) is 6.07 Å². The van der Waals surface area contributed by atoms with Crippen LogP contribution in [0, 0.1) is 11.3 Å². The molecule has 1 aromatic heterocycles. The van der Waals surface area contributed by atoms with E-state index in [9.17, 15) is 0 Å². The summed E-state index contributed by atoms with van der Waals surface area (Å²) in [6, 6.07) is 12.2. The maximum absolute atomic E-state index is 8.55. The van der Waals surface area contributed by atoms with E-state index in [2.05, 4.69) is 16.2 Å². The third kappa shape index (κ3) is 3.17. The molecule has 1 unspecified atom stereocenters. The topological polar surface area (TPSA) is 62.7 Å². The number of nitriles is 1. The summed E-state index contributed by atoms with van der Waals surface area (Å²) < 4.78 is 5.23. The number of hydrogen-bond donors (Lipinski definition) is 0. The monoisotopic (exact) mass is 241 g/mol. The van der Waals surface area contributed by atoms with Crippen LogP contribution in [0.1, 0.15) is 43.0 Å². The highest BCUT2D eigenvalue weighted by Crippen LogP contribution is 2.19. The van der Waals surface area contributed by atoms with Crippen LogP contribution in [-0.2, 0) is 6.42 Å². The minimum Gasteiger partial charge on any atom is -0.339 e. The Kier molecular flexibility index (Phi) is 4.08. The molecule has 1 aromatic carbocycles. The second-order valence-electron chi connectivity index (χ2n) is 4.31. The minimum atomic E-state index is 0.140. The highest BCUT2D eigenvalue weighted by atomic mass is 16.5. The number of aromatic nitrogens is 2. The highest BCUT2D eigenvalue weighted by Gasteiger charge is 2.14. The molecule has 0 spiro atoms. The molecule has 0 saturated heterocycles. The molecule has 0 N–H and O–H groups in total. The molecule has 4 heteroatoms. The zero-order chi connectivity index (χ0) is 12.8. The van der Waals surface area contributed by atoms with Gasteiger partial charge in [-0.3, -0.25) is 0 Å². The summed E-state index contributed by atoms with van der Waals surface area (Å²) in [7, 11) is 0. The largest absolute Gasteiger partial charge is 0.339 e. The van der Waals surface area contributed by atoms with Crippen LogP contribution in [0.3, 0.4) is 0 Å². The molecular formula is C14H15N3O. The van der Waals surface area contributed by atoms with Crippen molar-refractivity contribution in [3.05, 3.63) is 47.6 Å². The van der Waals surface area contributed by atoms with E-state index in [0.717, 1.165) is 12.0 Å². The van der Waals surface area contributed by atoms with E-state index in [1.807, 2.05) is 37.3 Å². The van der Waals surface area contributed by atoms with Gasteiger partial charge in [0.1, 0.15) is 0 Å². The molecule has 0 radical (unpaired) electrons.